The fraction of sp³-hybridized carbons (Fsp3) is 0.217. The van der Waals surface area contributed by atoms with Crippen molar-refractivity contribution in [2.45, 2.75) is 36.8 Å². The second kappa shape index (κ2) is 10.9. The van der Waals surface area contributed by atoms with Crippen molar-refractivity contribution in [1.29, 1.82) is 0 Å². The van der Waals surface area contributed by atoms with Crippen molar-refractivity contribution in [3.8, 4) is 11.3 Å². The summed E-state index contributed by atoms with van der Waals surface area (Å²) in [7, 11) is 0. The fourth-order valence-corrected chi connectivity index (χ4v) is 4.63. The number of carbonyl (C=O) groups is 3. The maximum absolute atomic E-state index is 12.7. The number of thiazole rings is 1. The van der Waals surface area contributed by atoms with Crippen molar-refractivity contribution in [3.63, 3.8) is 0 Å². The van der Waals surface area contributed by atoms with Gasteiger partial charge in [-0.1, -0.05) is 36.4 Å². The van der Waals surface area contributed by atoms with Gasteiger partial charge in [-0.15, -0.1) is 23.1 Å². The number of carboxylic acid groups (broad SMARTS) is 1. The minimum absolute atomic E-state index is 0.0935. The lowest BCUT2D eigenvalue weighted by atomic mass is 10.1. The molecule has 0 aliphatic carbocycles. The van der Waals surface area contributed by atoms with E-state index in [2.05, 4.69) is 15.6 Å². The third-order valence-electron chi connectivity index (χ3n) is 4.44. The molecule has 1 unspecified atom stereocenters. The molecule has 3 rings (SSSR count). The molecule has 1 aromatic heterocycles. The fourth-order valence-electron chi connectivity index (χ4n) is 2.87. The van der Waals surface area contributed by atoms with E-state index in [1.807, 2.05) is 43.3 Å². The Labute approximate surface area is 194 Å². The molecule has 0 radical (unpaired) electrons. The lowest BCUT2D eigenvalue weighted by Crippen LogP contribution is -2.22. The molecule has 0 saturated heterocycles. The van der Waals surface area contributed by atoms with Gasteiger partial charge in [0.1, 0.15) is 0 Å². The van der Waals surface area contributed by atoms with E-state index < -0.39 is 11.2 Å². The molecular weight excluding hydrogens is 446 g/mol. The lowest BCUT2D eigenvalue weighted by molar-refractivity contribution is -0.138. The van der Waals surface area contributed by atoms with Crippen LogP contribution in [0.25, 0.3) is 11.3 Å². The normalized spacial score (nSPS) is 11.6. The Morgan fingerprint density at radius 3 is 2.53 bits per heavy atom. The molecule has 0 bridgehead atoms. The maximum Gasteiger partial charge on any atom is 0.303 e. The van der Waals surface area contributed by atoms with Crippen molar-refractivity contribution < 1.29 is 19.5 Å². The number of rotatable bonds is 9. The molecule has 3 aromatic rings. The number of aliphatic carboxylic acids is 1. The molecule has 32 heavy (non-hydrogen) atoms. The van der Waals surface area contributed by atoms with Gasteiger partial charge in [0.05, 0.1) is 17.4 Å². The van der Waals surface area contributed by atoms with Gasteiger partial charge < -0.3 is 15.7 Å². The number of aryl methyl sites for hydroxylation is 1. The van der Waals surface area contributed by atoms with Crippen molar-refractivity contribution in [2.75, 3.05) is 10.6 Å². The molecule has 0 spiro atoms. The van der Waals surface area contributed by atoms with Gasteiger partial charge in [-0.05, 0) is 32.0 Å². The molecule has 7 nitrogen and oxygen atoms in total. The molecular formula is C23H23N3O4S2. The second-order valence-electron chi connectivity index (χ2n) is 7.01. The Kier molecular flexibility index (Phi) is 8.02. The van der Waals surface area contributed by atoms with E-state index >= 15 is 0 Å². The van der Waals surface area contributed by atoms with Gasteiger partial charge in [0.2, 0.25) is 11.8 Å². The zero-order chi connectivity index (χ0) is 23.1. The summed E-state index contributed by atoms with van der Waals surface area (Å²) in [6, 6.07) is 16.9. The third-order valence-corrected chi connectivity index (χ3v) is 6.42. The molecule has 0 saturated carbocycles. The molecule has 3 N–H and O–H groups in total. The monoisotopic (exact) mass is 469 g/mol. The number of benzene rings is 2. The number of carbonyl (C=O) groups excluding carboxylic acids is 2. The number of hydrogen-bond donors (Lipinski definition) is 3. The first-order valence-corrected chi connectivity index (χ1v) is 11.6. The van der Waals surface area contributed by atoms with E-state index in [9.17, 15) is 14.4 Å². The highest BCUT2D eigenvalue weighted by Gasteiger charge is 2.18. The van der Waals surface area contributed by atoms with Crippen LogP contribution in [0.15, 0.2) is 59.5 Å². The predicted molar refractivity (Wildman–Crippen MR) is 128 cm³/mol. The highest BCUT2D eigenvalue weighted by Crippen LogP contribution is 2.31. The number of anilines is 2. The standard InChI is InChI=1S/C23H23N3O4S2/c1-14-21(16-7-4-3-5-8-16)25-23(32-14)26-22(30)15(2)31-18-10-6-9-17(13-18)24-19(27)11-12-20(28)29/h3-10,13,15H,11-12H2,1-2H3,(H,24,27)(H,28,29)(H,25,26,30). The van der Waals surface area contributed by atoms with Crippen molar-refractivity contribution in [1.82, 2.24) is 4.98 Å². The van der Waals surface area contributed by atoms with Crippen molar-refractivity contribution in [2.24, 2.45) is 0 Å². The van der Waals surface area contributed by atoms with Crippen LogP contribution in [0.1, 0.15) is 24.6 Å². The Bertz CT molecular complexity index is 1120. The van der Waals surface area contributed by atoms with Crippen LogP contribution in [-0.4, -0.2) is 33.1 Å². The summed E-state index contributed by atoms with van der Waals surface area (Å²) in [6.45, 7) is 3.78. The largest absolute Gasteiger partial charge is 0.481 e. The van der Waals surface area contributed by atoms with Crippen LogP contribution in [0.5, 0.6) is 0 Å². The Balaban J connectivity index is 1.59. The first-order valence-electron chi connectivity index (χ1n) is 9.94. The van der Waals surface area contributed by atoms with E-state index in [-0.39, 0.29) is 24.7 Å². The van der Waals surface area contributed by atoms with Crippen LogP contribution in [0.3, 0.4) is 0 Å². The molecule has 2 amide bonds. The van der Waals surface area contributed by atoms with Gasteiger partial charge in [-0.25, -0.2) is 4.98 Å². The number of thioether (sulfide) groups is 1. The second-order valence-corrected chi connectivity index (χ2v) is 9.63. The van der Waals surface area contributed by atoms with E-state index in [4.69, 9.17) is 5.11 Å². The van der Waals surface area contributed by atoms with Crippen LogP contribution in [0.2, 0.25) is 0 Å². The first-order chi connectivity index (χ1) is 15.3. The quantitative estimate of drug-likeness (QED) is 0.379. The van der Waals surface area contributed by atoms with Crippen molar-refractivity contribution >= 4 is 51.7 Å². The van der Waals surface area contributed by atoms with Gasteiger partial charge in [-0.2, -0.15) is 0 Å². The minimum atomic E-state index is -1.02. The molecule has 9 heteroatoms. The van der Waals surface area contributed by atoms with Gasteiger partial charge in [-0.3, -0.25) is 14.4 Å². The van der Waals surface area contributed by atoms with E-state index in [0.717, 1.165) is 21.0 Å². The van der Waals surface area contributed by atoms with E-state index in [0.29, 0.717) is 10.8 Å². The van der Waals surface area contributed by atoms with Crippen LogP contribution in [0.4, 0.5) is 10.8 Å². The summed E-state index contributed by atoms with van der Waals surface area (Å²) in [6.07, 6.45) is -0.316. The van der Waals surface area contributed by atoms with E-state index in [1.54, 1.807) is 25.1 Å². The van der Waals surface area contributed by atoms with Gasteiger partial charge >= 0.3 is 5.97 Å². The number of hydrogen-bond acceptors (Lipinski definition) is 6. The first kappa shape index (κ1) is 23.5. The Morgan fingerprint density at radius 1 is 1.06 bits per heavy atom. The summed E-state index contributed by atoms with van der Waals surface area (Å²) in [5, 5.41) is 14.4. The number of aromatic nitrogens is 1. The van der Waals surface area contributed by atoms with Gasteiger partial charge in [0.15, 0.2) is 5.13 Å². The molecule has 2 aromatic carbocycles. The van der Waals surface area contributed by atoms with Gasteiger partial charge in [0.25, 0.3) is 0 Å². The van der Waals surface area contributed by atoms with E-state index in [1.165, 1.54) is 23.1 Å². The number of amides is 2. The Morgan fingerprint density at radius 2 is 1.81 bits per heavy atom. The number of nitrogens with one attached hydrogen (secondary N) is 2. The third kappa shape index (κ3) is 6.66. The molecule has 0 aliphatic heterocycles. The summed E-state index contributed by atoms with van der Waals surface area (Å²) >= 11 is 2.79. The number of nitrogens with zero attached hydrogens (tertiary/aromatic N) is 1. The topological polar surface area (TPSA) is 108 Å². The maximum atomic E-state index is 12.7. The van der Waals surface area contributed by atoms with Crippen LogP contribution in [-0.2, 0) is 14.4 Å². The zero-order valence-corrected chi connectivity index (χ0v) is 19.3. The van der Waals surface area contributed by atoms with Gasteiger partial charge in [0, 0.05) is 27.4 Å². The number of carboxylic acids is 1. The summed E-state index contributed by atoms with van der Waals surface area (Å²) in [4.78, 5) is 41.5. The highest BCUT2D eigenvalue weighted by molar-refractivity contribution is 8.00. The summed E-state index contributed by atoms with van der Waals surface area (Å²) < 4.78 is 0. The molecule has 1 atom stereocenters. The SMILES string of the molecule is Cc1sc(NC(=O)C(C)Sc2cccc(NC(=O)CCC(=O)O)c2)nc1-c1ccccc1. The average molecular weight is 470 g/mol. The zero-order valence-electron chi connectivity index (χ0n) is 17.6. The summed E-state index contributed by atoms with van der Waals surface area (Å²) in [5.74, 6) is -1.55. The smallest absolute Gasteiger partial charge is 0.303 e. The molecule has 1 heterocycles. The molecule has 0 aliphatic rings. The molecule has 0 fully saturated rings. The Hall–Kier alpha value is -3.17. The summed E-state index contributed by atoms with van der Waals surface area (Å²) in [5.41, 5.74) is 2.42. The van der Waals surface area contributed by atoms with Crippen LogP contribution in [0, 0.1) is 6.92 Å². The highest BCUT2D eigenvalue weighted by atomic mass is 32.2. The van der Waals surface area contributed by atoms with Crippen LogP contribution >= 0.6 is 23.1 Å². The molecule has 166 valence electrons. The minimum Gasteiger partial charge on any atom is -0.481 e. The predicted octanol–water partition coefficient (Wildman–Crippen LogP) is 5.04. The lowest BCUT2D eigenvalue weighted by Gasteiger charge is -2.12. The van der Waals surface area contributed by atoms with Crippen molar-refractivity contribution in [3.05, 3.63) is 59.5 Å². The average Bonchev–Trinajstić information content (AvgIpc) is 3.13. The van der Waals surface area contributed by atoms with Crippen LogP contribution < -0.4 is 10.6 Å².